The first kappa shape index (κ1) is 14.3. The van der Waals surface area contributed by atoms with E-state index in [-0.39, 0.29) is 11.9 Å². The van der Waals surface area contributed by atoms with Crippen molar-refractivity contribution < 1.29 is 14.7 Å². The van der Waals surface area contributed by atoms with Crippen molar-refractivity contribution in [1.82, 2.24) is 9.88 Å². The predicted molar refractivity (Wildman–Crippen MR) is 82.7 cm³/mol. The number of aromatic nitrogens is 1. The van der Waals surface area contributed by atoms with Crippen LogP contribution in [0.3, 0.4) is 0 Å². The Bertz CT molecular complexity index is 709. The Kier molecular flexibility index (Phi) is 3.91. The largest absolute Gasteiger partial charge is 0.481 e. The lowest BCUT2D eigenvalue weighted by atomic mass is 9.97. The van der Waals surface area contributed by atoms with Gasteiger partial charge in [-0.2, -0.15) is 0 Å². The standard InChI is InChI=1S/C16H17N3O3/c20-15(21)11-4-7-19(8-5-11)16(22)18-14-2-1-13-10-17-6-3-12(13)9-14/h1-3,6,9-11H,4-5,7-8H2,(H,18,22)(H,20,21). The average molecular weight is 299 g/mol. The minimum Gasteiger partial charge on any atom is -0.481 e. The first-order valence-corrected chi connectivity index (χ1v) is 7.26. The van der Waals surface area contributed by atoms with Gasteiger partial charge < -0.3 is 15.3 Å². The zero-order valence-corrected chi connectivity index (χ0v) is 12.0. The van der Waals surface area contributed by atoms with E-state index in [0.29, 0.717) is 25.9 Å². The maximum atomic E-state index is 12.2. The molecule has 6 nitrogen and oxygen atoms in total. The fraction of sp³-hybridized carbons (Fsp3) is 0.312. The zero-order chi connectivity index (χ0) is 15.5. The molecule has 1 aromatic carbocycles. The Morgan fingerprint density at radius 3 is 2.68 bits per heavy atom. The van der Waals surface area contributed by atoms with E-state index in [9.17, 15) is 9.59 Å². The molecular weight excluding hydrogens is 282 g/mol. The molecule has 6 heteroatoms. The fourth-order valence-corrected chi connectivity index (χ4v) is 2.69. The minimum atomic E-state index is -0.775. The predicted octanol–water partition coefficient (Wildman–Crippen LogP) is 2.56. The van der Waals surface area contributed by atoms with Crippen LogP contribution in [0, 0.1) is 5.92 Å². The summed E-state index contributed by atoms with van der Waals surface area (Å²) in [7, 11) is 0. The van der Waals surface area contributed by atoms with Crippen LogP contribution in [0.25, 0.3) is 10.8 Å². The molecule has 1 aliphatic heterocycles. The van der Waals surface area contributed by atoms with Gasteiger partial charge in [0.05, 0.1) is 5.92 Å². The van der Waals surface area contributed by atoms with Gasteiger partial charge in [-0.1, -0.05) is 6.07 Å². The molecule has 0 spiro atoms. The second kappa shape index (κ2) is 6.01. The monoisotopic (exact) mass is 299 g/mol. The summed E-state index contributed by atoms with van der Waals surface area (Å²) in [6, 6.07) is 7.36. The Hall–Kier alpha value is -2.63. The highest BCUT2D eigenvalue weighted by molar-refractivity contribution is 5.93. The lowest BCUT2D eigenvalue weighted by molar-refractivity contribution is -0.143. The summed E-state index contributed by atoms with van der Waals surface area (Å²) in [5, 5.41) is 13.9. The summed E-state index contributed by atoms with van der Waals surface area (Å²) in [6.07, 6.45) is 4.50. The third kappa shape index (κ3) is 3.00. The number of aliphatic carboxylic acids is 1. The number of anilines is 1. The second-order valence-electron chi connectivity index (χ2n) is 5.47. The third-order valence-electron chi connectivity index (χ3n) is 4.02. The van der Waals surface area contributed by atoms with Crippen LogP contribution in [-0.4, -0.2) is 40.1 Å². The Morgan fingerprint density at radius 2 is 1.95 bits per heavy atom. The van der Waals surface area contributed by atoms with Gasteiger partial charge in [0.2, 0.25) is 0 Å². The Labute approximate surface area is 127 Å². The molecule has 3 rings (SSSR count). The topological polar surface area (TPSA) is 82.5 Å². The molecule has 1 aromatic heterocycles. The lowest BCUT2D eigenvalue weighted by Gasteiger charge is -2.30. The SMILES string of the molecule is O=C(O)C1CCN(C(=O)Nc2ccc3cnccc3c2)CC1. The first-order valence-electron chi connectivity index (χ1n) is 7.26. The molecule has 1 fully saturated rings. The van der Waals surface area contributed by atoms with Crippen LogP contribution in [0.5, 0.6) is 0 Å². The van der Waals surface area contributed by atoms with Crippen molar-refractivity contribution in [3.8, 4) is 0 Å². The summed E-state index contributed by atoms with van der Waals surface area (Å²) in [4.78, 5) is 28.9. The maximum absolute atomic E-state index is 12.2. The summed E-state index contributed by atoms with van der Waals surface area (Å²) in [5.41, 5.74) is 0.726. The molecule has 22 heavy (non-hydrogen) atoms. The van der Waals surface area contributed by atoms with Gasteiger partial charge in [0, 0.05) is 36.6 Å². The van der Waals surface area contributed by atoms with Crippen molar-refractivity contribution in [2.45, 2.75) is 12.8 Å². The highest BCUT2D eigenvalue weighted by Gasteiger charge is 2.26. The van der Waals surface area contributed by atoms with E-state index in [0.717, 1.165) is 16.5 Å². The summed E-state index contributed by atoms with van der Waals surface area (Å²) < 4.78 is 0. The lowest BCUT2D eigenvalue weighted by Crippen LogP contribution is -2.42. The van der Waals surface area contributed by atoms with Crippen molar-refractivity contribution in [3.63, 3.8) is 0 Å². The molecule has 2 aromatic rings. The van der Waals surface area contributed by atoms with Crippen molar-refractivity contribution in [2.75, 3.05) is 18.4 Å². The number of fused-ring (bicyclic) bond motifs is 1. The van der Waals surface area contributed by atoms with Gasteiger partial charge in [-0.3, -0.25) is 9.78 Å². The maximum Gasteiger partial charge on any atom is 0.321 e. The van der Waals surface area contributed by atoms with E-state index >= 15 is 0 Å². The molecule has 2 amide bonds. The van der Waals surface area contributed by atoms with Crippen LogP contribution in [-0.2, 0) is 4.79 Å². The number of nitrogens with zero attached hydrogens (tertiary/aromatic N) is 2. The van der Waals surface area contributed by atoms with Crippen molar-refractivity contribution in [3.05, 3.63) is 36.7 Å². The van der Waals surface area contributed by atoms with E-state index < -0.39 is 5.97 Å². The van der Waals surface area contributed by atoms with E-state index in [1.165, 1.54) is 0 Å². The number of piperidine rings is 1. The molecule has 2 heterocycles. The number of urea groups is 1. The van der Waals surface area contributed by atoms with Gasteiger partial charge in [-0.25, -0.2) is 4.79 Å². The van der Waals surface area contributed by atoms with Gasteiger partial charge in [0.25, 0.3) is 0 Å². The van der Waals surface area contributed by atoms with Crippen LogP contribution in [0.4, 0.5) is 10.5 Å². The molecule has 0 atom stereocenters. The number of nitrogens with one attached hydrogen (secondary N) is 1. The van der Waals surface area contributed by atoms with Gasteiger partial charge >= 0.3 is 12.0 Å². The Balaban J connectivity index is 1.65. The third-order valence-corrected chi connectivity index (χ3v) is 4.02. The number of hydrogen-bond donors (Lipinski definition) is 2. The highest BCUT2D eigenvalue weighted by Crippen LogP contribution is 2.20. The van der Waals surface area contributed by atoms with E-state index in [2.05, 4.69) is 10.3 Å². The molecule has 0 radical (unpaired) electrons. The number of carboxylic acid groups (broad SMARTS) is 1. The minimum absolute atomic E-state index is 0.183. The number of amides is 2. The van der Waals surface area contributed by atoms with E-state index in [1.54, 1.807) is 17.3 Å². The number of carboxylic acids is 1. The van der Waals surface area contributed by atoms with Crippen molar-refractivity contribution in [2.24, 2.45) is 5.92 Å². The number of rotatable bonds is 2. The molecule has 0 unspecified atom stereocenters. The molecule has 1 saturated heterocycles. The highest BCUT2D eigenvalue weighted by atomic mass is 16.4. The zero-order valence-electron chi connectivity index (χ0n) is 12.0. The average Bonchev–Trinajstić information content (AvgIpc) is 2.55. The van der Waals surface area contributed by atoms with E-state index in [4.69, 9.17) is 5.11 Å². The molecule has 0 bridgehead atoms. The summed E-state index contributed by atoms with van der Waals surface area (Å²) in [6.45, 7) is 0.945. The van der Waals surface area contributed by atoms with Crippen molar-refractivity contribution in [1.29, 1.82) is 0 Å². The summed E-state index contributed by atoms with van der Waals surface area (Å²) >= 11 is 0. The first-order chi connectivity index (χ1) is 10.6. The molecule has 2 N–H and O–H groups in total. The van der Waals surface area contributed by atoms with Crippen LogP contribution < -0.4 is 5.32 Å². The van der Waals surface area contributed by atoms with Crippen LogP contribution in [0.1, 0.15) is 12.8 Å². The molecule has 0 saturated carbocycles. The number of carbonyl (C=O) groups excluding carboxylic acids is 1. The van der Waals surface area contributed by atoms with Crippen LogP contribution in [0.2, 0.25) is 0 Å². The van der Waals surface area contributed by atoms with Gasteiger partial charge in [0.15, 0.2) is 0 Å². The number of carbonyl (C=O) groups is 2. The fourth-order valence-electron chi connectivity index (χ4n) is 2.69. The number of benzene rings is 1. The normalized spacial score (nSPS) is 15.7. The quantitative estimate of drug-likeness (QED) is 0.892. The number of likely N-dealkylation sites (tertiary alicyclic amines) is 1. The van der Waals surface area contributed by atoms with Gasteiger partial charge in [-0.15, -0.1) is 0 Å². The number of pyridine rings is 1. The molecule has 114 valence electrons. The van der Waals surface area contributed by atoms with Gasteiger partial charge in [-0.05, 0) is 36.4 Å². The second-order valence-corrected chi connectivity index (χ2v) is 5.47. The molecular formula is C16H17N3O3. The molecule has 1 aliphatic rings. The van der Waals surface area contributed by atoms with Crippen LogP contribution >= 0.6 is 0 Å². The molecule has 0 aliphatic carbocycles. The van der Waals surface area contributed by atoms with E-state index in [1.807, 2.05) is 24.3 Å². The van der Waals surface area contributed by atoms with Crippen molar-refractivity contribution >= 4 is 28.5 Å². The smallest absolute Gasteiger partial charge is 0.321 e. The van der Waals surface area contributed by atoms with Crippen LogP contribution in [0.15, 0.2) is 36.7 Å². The Morgan fingerprint density at radius 1 is 1.18 bits per heavy atom. The van der Waals surface area contributed by atoms with Gasteiger partial charge in [0.1, 0.15) is 0 Å². The summed E-state index contributed by atoms with van der Waals surface area (Å²) in [5.74, 6) is -1.11. The number of hydrogen-bond acceptors (Lipinski definition) is 3.